The normalized spacial score (nSPS) is 13.8. The third-order valence-corrected chi connectivity index (χ3v) is 2.93. The van der Waals surface area contributed by atoms with E-state index in [-0.39, 0.29) is 18.2 Å². The van der Waals surface area contributed by atoms with Gasteiger partial charge in [-0.3, -0.25) is 9.59 Å². The van der Waals surface area contributed by atoms with Crippen LogP contribution in [0.25, 0.3) is 0 Å². The van der Waals surface area contributed by atoms with Gasteiger partial charge < -0.3 is 15.5 Å². The second-order valence-corrected chi connectivity index (χ2v) is 5.01. The van der Waals surface area contributed by atoms with Crippen LogP contribution in [0.1, 0.15) is 19.3 Å². The van der Waals surface area contributed by atoms with Gasteiger partial charge in [-0.1, -0.05) is 0 Å². The first-order valence-corrected chi connectivity index (χ1v) is 6.41. The summed E-state index contributed by atoms with van der Waals surface area (Å²) in [5.41, 5.74) is 1.76. The van der Waals surface area contributed by atoms with Crippen molar-refractivity contribution in [1.29, 1.82) is 0 Å². The first-order chi connectivity index (χ1) is 9.04. The second kappa shape index (κ2) is 5.73. The molecule has 0 bridgehead atoms. The molecule has 2 N–H and O–H groups in total. The Bertz CT molecular complexity index is 464. The van der Waals surface area contributed by atoms with Gasteiger partial charge >= 0.3 is 0 Å². The SMILES string of the molecule is CN(C)c1ccc(NC(=O)CC(=O)NC2CC2)cc1. The molecular weight excluding hydrogens is 242 g/mol. The van der Waals surface area contributed by atoms with Gasteiger partial charge in [0, 0.05) is 31.5 Å². The van der Waals surface area contributed by atoms with Crippen molar-refractivity contribution in [2.24, 2.45) is 0 Å². The van der Waals surface area contributed by atoms with Crippen molar-refractivity contribution in [3.63, 3.8) is 0 Å². The van der Waals surface area contributed by atoms with Crippen molar-refractivity contribution < 1.29 is 9.59 Å². The molecule has 1 aromatic rings. The number of nitrogens with one attached hydrogen (secondary N) is 2. The largest absolute Gasteiger partial charge is 0.378 e. The summed E-state index contributed by atoms with van der Waals surface area (Å²) < 4.78 is 0. The smallest absolute Gasteiger partial charge is 0.233 e. The van der Waals surface area contributed by atoms with E-state index >= 15 is 0 Å². The van der Waals surface area contributed by atoms with Crippen LogP contribution in [-0.4, -0.2) is 32.0 Å². The summed E-state index contributed by atoms with van der Waals surface area (Å²) in [7, 11) is 3.91. The van der Waals surface area contributed by atoms with Crippen molar-refractivity contribution in [2.45, 2.75) is 25.3 Å². The minimum absolute atomic E-state index is 0.119. The Morgan fingerprint density at radius 3 is 2.32 bits per heavy atom. The Morgan fingerprint density at radius 2 is 1.79 bits per heavy atom. The molecule has 0 atom stereocenters. The summed E-state index contributed by atoms with van der Waals surface area (Å²) in [6.07, 6.45) is 1.94. The Hall–Kier alpha value is -2.04. The van der Waals surface area contributed by atoms with Crippen LogP contribution in [0.5, 0.6) is 0 Å². The summed E-state index contributed by atoms with van der Waals surface area (Å²) >= 11 is 0. The molecule has 1 aliphatic rings. The molecule has 5 heteroatoms. The van der Waals surface area contributed by atoms with Gasteiger partial charge in [-0.15, -0.1) is 0 Å². The van der Waals surface area contributed by atoms with Gasteiger partial charge in [0.05, 0.1) is 0 Å². The molecule has 0 heterocycles. The molecule has 0 radical (unpaired) electrons. The number of benzene rings is 1. The number of carbonyl (C=O) groups excluding carboxylic acids is 2. The fourth-order valence-corrected chi connectivity index (χ4v) is 1.70. The van der Waals surface area contributed by atoms with Crippen molar-refractivity contribution in [3.8, 4) is 0 Å². The number of carbonyl (C=O) groups is 2. The lowest BCUT2D eigenvalue weighted by Gasteiger charge is -2.13. The first-order valence-electron chi connectivity index (χ1n) is 6.41. The van der Waals surface area contributed by atoms with Crippen LogP contribution in [0, 0.1) is 0 Å². The second-order valence-electron chi connectivity index (χ2n) is 5.01. The molecule has 0 saturated heterocycles. The topological polar surface area (TPSA) is 61.4 Å². The van der Waals surface area contributed by atoms with E-state index in [0.29, 0.717) is 11.7 Å². The monoisotopic (exact) mass is 261 g/mol. The standard InChI is InChI=1S/C14H19N3O2/c1-17(2)12-7-5-11(6-8-12)16-14(19)9-13(18)15-10-3-4-10/h5-8,10H,3-4,9H2,1-2H3,(H,15,18)(H,16,19). The summed E-state index contributed by atoms with van der Waals surface area (Å²) in [6, 6.07) is 7.78. The molecule has 0 spiro atoms. The van der Waals surface area contributed by atoms with E-state index in [2.05, 4.69) is 10.6 Å². The van der Waals surface area contributed by atoms with Crippen molar-refractivity contribution in [1.82, 2.24) is 5.32 Å². The van der Waals surface area contributed by atoms with Gasteiger partial charge in [-0.2, -0.15) is 0 Å². The summed E-state index contributed by atoms with van der Waals surface area (Å²) in [6.45, 7) is 0. The predicted octanol–water partition coefficient (Wildman–Crippen LogP) is 1.36. The zero-order valence-electron chi connectivity index (χ0n) is 11.3. The van der Waals surface area contributed by atoms with Crippen molar-refractivity contribution in [3.05, 3.63) is 24.3 Å². The molecule has 5 nitrogen and oxygen atoms in total. The Labute approximate surface area is 113 Å². The number of amides is 2. The van der Waals surface area contributed by atoms with Crippen LogP contribution in [-0.2, 0) is 9.59 Å². The number of hydrogen-bond acceptors (Lipinski definition) is 3. The molecule has 2 rings (SSSR count). The van der Waals surface area contributed by atoms with Crippen LogP contribution in [0.2, 0.25) is 0 Å². The molecule has 1 saturated carbocycles. The summed E-state index contributed by atoms with van der Waals surface area (Å²) in [4.78, 5) is 25.1. The van der Waals surface area contributed by atoms with Gasteiger partial charge in [-0.05, 0) is 37.1 Å². The van der Waals surface area contributed by atoms with Gasteiger partial charge in [0.2, 0.25) is 11.8 Å². The van der Waals surface area contributed by atoms with Crippen molar-refractivity contribution >= 4 is 23.2 Å². The van der Waals surface area contributed by atoms with E-state index in [4.69, 9.17) is 0 Å². The average molecular weight is 261 g/mol. The molecule has 0 aromatic heterocycles. The number of nitrogens with zero attached hydrogens (tertiary/aromatic N) is 1. The van der Waals surface area contributed by atoms with Gasteiger partial charge in [-0.25, -0.2) is 0 Å². The molecule has 1 aromatic carbocycles. The van der Waals surface area contributed by atoms with E-state index in [1.54, 1.807) is 0 Å². The van der Waals surface area contributed by atoms with Crippen LogP contribution < -0.4 is 15.5 Å². The highest BCUT2D eigenvalue weighted by Gasteiger charge is 2.24. The van der Waals surface area contributed by atoms with Crippen LogP contribution in [0.3, 0.4) is 0 Å². The highest BCUT2D eigenvalue weighted by atomic mass is 16.2. The van der Waals surface area contributed by atoms with E-state index in [9.17, 15) is 9.59 Å². The lowest BCUT2D eigenvalue weighted by molar-refractivity contribution is -0.126. The molecule has 2 amide bonds. The fourth-order valence-electron chi connectivity index (χ4n) is 1.70. The third-order valence-electron chi connectivity index (χ3n) is 2.93. The van der Waals surface area contributed by atoms with Crippen LogP contribution in [0.15, 0.2) is 24.3 Å². The zero-order valence-corrected chi connectivity index (χ0v) is 11.3. The van der Waals surface area contributed by atoms with Crippen LogP contribution in [0.4, 0.5) is 11.4 Å². The van der Waals surface area contributed by atoms with Crippen LogP contribution >= 0.6 is 0 Å². The zero-order chi connectivity index (χ0) is 13.8. The highest BCUT2D eigenvalue weighted by molar-refractivity contribution is 6.03. The lowest BCUT2D eigenvalue weighted by Crippen LogP contribution is -2.29. The fraction of sp³-hybridized carbons (Fsp3) is 0.429. The lowest BCUT2D eigenvalue weighted by atomic mass is 10.2. The predicted molar refractivity (Wildman–Crippen MR) is 75.2 cm³/mol. The van der Waals surface area contributed by atoms with E-state index in [1.807, 2.05) is 43.3 Å². The molecule has 1 aliphatic carbocycles. The van der Waals surface area contributed by atoms with E-state index in [1.165, 1.54) is 0 Å². The third kappa shape index (κ3) is 4.28. The molecule has 0 aliphatic heterocycles. The molecule has 102 valence electrons. The minimum Gasteiger partial charge on any atom is -0.378 e. The first kappa shape index (κ1) is 13.4. The summed E-state index contributed by atoms with van der Waals surface area (Å²) in [5, 5.41) is 5.50. The van der Waals surface area contributed by atoms with Crippen molar-refractivity contribution in [2.75, 3.05) is 24.3 Å². The highest BCUT2D eigenvalue weighted by Crippen LogP contribution is 2.19. The molecule has 0 unspecified atom stereocenters. The summed E-state index contributed by atoms with van der Waals surface area (Å²) in [5.74, 6) is -0.485. The quantitative estimate of drug-likeness (QED) is 0.787. The number of hydrogen-bond donors (Lipinski definition) is 2. The molecule has 1 fully saturated rings. The molecule has 19 heavy (non-hydrogen) atoms. The Morgan fingerprint density at radius 1 is 1.16 bits per heavy atom. The number of rotatable bonds is 5. The van der Waals surface area contributed by atoms with E-state index in [0.717, 1.165) is 18.5 Å². The van der Waals surface area contributed by atoms with Gasteiger partial charge in [0.1, 0.15) is 6.42 Å². The maximum Gasteiger partial charge on any atom is 0.233 e. The van der Waals surface area contributed by atoms with E-state index < -0.39 is 0 Å². The minimum atomic E-state index is -0.282. The average Bonchev–Trinajstić information content (AvgIpc) is 3.13. The maximum absolute atomic E-state index is 11.7. The maximum atomic E-state index is 11.7. The van der Waals surface area contributed by atoms with Gasteiger partial charge in [0.15, 0.2) is 0 Å². The number of anilines is 2. The Kier molecular flexibility index (Phi) is 4.04. The molecular formula is C14H19N3O2. The Balaban J connectivity index is 1.82. The van der Waals surface area contributed by atoms with Gasteiger partial charge in [0.25, 0.3) is 0 Å².